The lowest BCUT2D eigenvalue weighted by molar-refractivity contribution is -0.327. The number of carbonyl (C=O) groups excluding carboxylic acids is 1. The lowest BCUT2D eigenvalue weighted by Gasteiger charge is -2.64. The molecular weight excluding hydrogens is 592 g/mol. The molecule has 13 nitrogen and oxygen atoms in total. The lowest BCUT2D eigenvalue weighted by atomic mass is 9.41. The minimum absolute atomic E-state index is 0.0421. The SMILES string of the molecule is C=C1C[C@]23CC[C@@H]4[C@](C)(CCC[C@]4(C)C(=O)O[C@H]4O[C@@H](CO)[C@H](O)[C@@H](O)[C@@H]4O)[C@H]2CC[C@@]1(O[C@H]1O[C@@H](CO)[C@H](O)[C@@H](O)[C@@H]1O)C3. The number of fused-ring (bicyclic) bond motifs is 3. The van der Waals surface area contributed by atoms with E-state index in [-0.39, 0.29) is 22.7 Å². The largest absolute Gasteiger partial charge is 0.432 e. The van der Waals surface area contributed by atoms with Gasteiger partial charge in [-0.2, -0.15) is 0 Å². The molecule has 0 aromatic rings. The molecule has 13 heteroatoms. The molecule has 4 saturated carbocycles. The predicted molar refractivity (Wildman–Crippen MR) is 154 cm³/mol. The quantitative estimate of drug-likeness (QED) is 0.102. The Morgan fingerprint density at radius 2 is 1.38 bits per heavy atom. The van der Waals surface area contributed by atoms with Gasteiger partial charge in [-0.3, -0.25) is 4.79 Å². The molecule has 16 atom stereocenters. The molecule has 6 rings (SSSR count). The number of hydrogen-bond acceptors (Lipinski definition) is 13. The van der Waals surface area contributed by atoms with Gasteiger partial charge >= 0.3 is 5.97 Å². The van der Waals surface area contributed by atoms with Crippen LogP contribution in [0.15, 0.2) is 12.2 Å². The van der Waals surface area contributed by atoms with Crippen molar-refractivity contribution in [1.82, 2.24) is 0 Å². The van der Waals surface area contributed by atoms with Crippen LogP contribution in [-0.2, 0) is 23.7 Å². The first-order valence-corrected chi connectivity index (χ1v) is 16.3. The van der Waals surface area contributed by atoms with E-state index in [0.717, 1.165) is 37.7 Å². The average Bonchev–Trinajstić information content (AvgIpc) is 3.20. The molecule has 256 valence electrons. The van der Waals surface area contributed by atoms with Gasteiger partial charge in [-0.25, -0.2) is 0 Å². The maximum atomic E-state index is 13.9. The van der Waals surface area contributed by atoms with Crippen molar-refractivity contribution in [2.75, 3.05) is 13.2 Å². The monoisotopic (exact) mass is 642 g/mol. The van der Waals surface area contributed by atoms with Crippen LogP contribution in [0.2, 0.25) is 0 Å². The Morgan fingerprint density at radius 3 is 2.00 bits per heavy atom. The van der Waals surface area contributed by atoms with Crippen LogP contribution >= 0.6 is 0 Å². The smallest absolute Gasteiger partial charge is 0.314 e. The normalized spacial score (nSPS) is 54.7. The first-order chi connectivity index (χ1) is 21.2. The van der Waals surface area contributed by atoms with Crippen molar-refractivity contribution in [2.45, 2.75) is 139 Å². The van der Waals surface area contributed by atoms with E-state index in [1.807, 2.05) is 6.92 Å². The van der Waals surface area contributed by atoms with Crippen molar-refractivity contribution in [3.63, 3.8) is 0 Å². The second kappa shape index (κ2) is 11.7. The number of aliphatic hydroxyl groups is 8. The molecule has 0 amide bonds. The molecule has 45 heavy (non-hydrogen) atoms. The van der Waals surface area contributed by atoms with Crippen LogP contribution in [0.5, 0.6) is 0 Å². The lowest BCUT2D eigenvalue weighted by Crippen LogP contribution is -2.63. The van der Waals surface area contributed by atoms with E-state index in [9.17, 15) is 45.6 Å². The maximum Gasteiger partial charge on any atom is 0.314 e. The molecule has 2 heterocycles. The van der Waals surface area contributed by atoms with E-state index in [1.165, 1.54) is 0 Å². The standard InChI is InChI=1S/C32H50O13/c1-15-11-31-9-5-18-29(2,7-4-8-30(18,3)28(41)44-26-24(39)22(37)20(35)16(12-33)42-26)19(31)6-10-32(15,14-31)45-27-25(40)23(38)21(36)17(13-34)43-27/h16-27,33-40H,1,4-14H2,2-3H3/t16-,17-,18+,19+,20-,21-,22+,23+,24-,25-,26+,27+,29-,30-,31-,32+/m0/s1. The number of aliphatic hydroxyl groups excluding tert-OH is 8. The van der Waals surface area contributed by atoms with Gasteiger partial charge in [0.05, 0.1) is 24.2 Å². The van der Waals surface area contributed by atoms with E-state index in [1.54, 1.807) is 0 Å². The zero-order valence-corrected chi connectivity index (χ0v) is 26.0. The average molecular weight is 643 g/mol. The fourth-order valence-electron chi connectivity index (χ4n) is 10.5. The Kier molecular flexibility index (Phi) is 8.77. The van der Waals surface area contributed by atoms with Crippen molar-refractivity contribution >= 4 is 5.97 Å². The van der Waals surface area contributed by atoms with E-state index in [4.69, 9.17) is 18.9 Å². The number of rotatable bonds is 6. The molecular formula is C32H50O13. The third-order valence-electron chi connectivity index (χ3n) is 12.9. The molecule has 0 unspecified atom stereocenters. The molecule has 0 radical (unpaired) electrons. The third kappa shape index (κ3) is 5.04. The van der Waals surface area contributed by atoms with Gasteiger partial charge in [0.2, 0.25) is 6.29 Å². The third-order valence-corrected chi connectivity index (χ3v) is 12.9. The molecule has 6 aliphatic rings. The zero-order valence-electron chi connectivity index (χ0n) is 26.0. The molecule has 2 saturated heterocycles. The van der Waals surface area contributed by atoms with Crippen molar-refractivity contribution in [1.29, 1.82) is 0 Å². The Labute approximate surface area is 262 Å². The fourth-order valence-corrected chi connectivity index (χ4v) is 10.5. The number of ether oxygens (including phenoxy) is 4. The van der Waals surface area contributed by atoms with Crippen molar-refractivity contribution < 1.29 is 64.6 Å². The summed E-state index contributed by atoms with van der Waals surface area (Å²) in [7, 11) is 0. The van der Waals surface area contributed by atoms with Gasteiger partial charge in [-0.05, 0) is 86.5 Å². The topological polar surface area (TPSA) is 216 Å². The van der Waals surface area contributed by atoms with Crippen LogP contribution in [0.3, 0.4) is 0 Å². The van der Waals surface area contributed by atoms with Crippen molar-refractivity contribution in [3.05, 3.63) is 12.2 Å². The number of hydrogen-bond donors (Lipinski definition) is 8. The van der Waals surface area contributed by atoms with Gasteiger partial charge in [0, 0.05) is 0 Å². The van der Waals surface area contributed by atoms with Gasteiger partial charge in [0.25, 0.3) is 0 Å². The van der Waals surface area contributed by atoms with Gasteiger partial charge in [-0.1, -0.05) is 19.9 Å². The molecule has 2 bridgehead atoms. The van der Waals surface area contributed by atoms with E-state index >= 15 is 0 Å². The highest BCUT2D eigenvalue weighted by Crippen LogP contribution is 2.73. The zero-order chi connectivity index (χ0) is 32.7. The van der Waals surface area contributed by atoms with Crippen LogP contribution in [-0.4, -0.2) is 127 Å². The van der Waals surface area contributed by atoms with Crippen LogP contribution in [0.1, 0.15) is 71.6 Å². The summed E-state index contributed by atoms with van der Waals surface area (Å²) in [5, 5.41) is 81.4. The summed E-state index contributed by atoms with van der Waals surface area (Å²) in [4.78, 5) is 13.9. The summed E-state index contributed by atoms with van der Waals surface area (Å²) in [5.41, 5.74) is -1.20. The minimum Gasteiger partial charge on any atom is -0.432 e. The minimum atomic E-state index is -1.67. The molecule has 0 aromatic carbocycles. The molecule has 2 aliphatic heterocycles. The Morgan fingerprint density at radius 1 is 0.800 bits per heavy atom. The number of esters is 1. The Hall–Kier alpha value is -1.23. The van der Waals surface area contributed by atoms with Crippen molar-refractivity contribution in [3.8, 4) is 0 Å². The molecule has 0 aromatic heterocycles. The molecule has 1 spiro atoms. The van der Waals surface area contributed by atoms with Gasteiger partial charge in [0.15, 0.2) is 6.29 Å². The summed E-state index contributed by atoms with van der Waals surface area (Å²) in [5.74, 6) is -0.348. The second-order valence-electron chi connectivity index (χ2n) is 15.2. The first kappa shape index (κ1) is 33.7. The highest BCUT2D eigenvalue weighted by atomic mass is 16.7. The van der Waals surface area contributed by atoms with Gasteiger partial charge < -0.3 is 59.8 Å². The van der Waals surface area contributed by atoms with Crippen LogP contribution in [0.4, 0.5) is 0 Å². The van der Waals surface area contributed by atoms with E-state index in [0.29, 0.717) is 25.7 Å². The van der Waals surface area contributed by atoms with E-state index < -0.39 is 91.6 Å². The van der Waals surface area contributed by atoms with Crippen LogP contribution < -0.4 is 0 Å². The second-order valence-corrected chi connectivity index (χ2v) is 15.2. The predicted octanol–water partition coefficient (Wildman–Crippen LogP) is -0.762. The van der Waals surface area contributed by atoms with E-state index in [2.05, 4.69) is 13.5 Å². The summed E-state index contributed by atoms with van der Waals surface area (Å²) in [6, 6.07) is 0. The fraction of sp³-hybridized carbons (Fsp3) is 0.906. The van der Waals surface area contributed by atoms with Gasteiger partial charge in [0.1, 0.15) is 48.8 Å². The maximum absolute atomic E-state index is 13.9. The van der Waals surface area contributed by atoms with Crippen molar-refractivity contribution in [2.24, 2.45) is 28.1 Å². The Balaban J connectivity index is 1.20. The highest BCUT2D eigenvalue weighted by Gasteiger charge is 2.69. The molecule has 6 fully saturated rings. The summed E-state index contributed by atoms with van der Waals surface area (Å²) in [6.07, 6.45) is -7.82. The molecule has 8 N–H and O–H groups in total. The van der Waals surface area contributed by atoms with Gasteiger partial charge in [-0.15, -0.1) is 0 Å². The van der Waals surface area contributed by atoms with Crippen LogP contribution in [0, 0.1) is 28.1 Å². The summed E-state index contributed by atoms with van der Waals surface area (Å²) >= 11 is 0. The number of carbonyl (C=O) groups is 1. The summed E-state index contributed by atoms with van der Waals surface area (Å²) in [6.45, 7) is 7.41. The Bertz CT molecular complexity index is 1150. The summed E-state index contributed by atoms with van der Waals surface area (Å²) < 4.78 is 23.4. The first-order valence-electron chi connectivity index (χ1n) is 16.3. The highest BCUT2D eigenvalue weighted by molar-refractivity contribution is 5.77. The van der Waals surface area contributed by atoms with Crippen LogP contribution in [0.25, 0.3) is 0 Å². The molecule has 4 aliphatic carbocycles.